The third kappa shape index (κ3) is 5.95. The Balaban J connectivity index is 1.65. The first-order chi connectivity index (χ1) is 14.1. The van der Waals surface area contributed by atoms with Crippen LogP contribution in [0.2, 0.25) is 5.02 Å². The van der Waals surface area contributed by atoms with E-state index < -0.39 is 6.10 Å². The summed E-state index contributed by atoms with van der Waals surface area (Å²) in [7, 11) is 0. The normalized spacial score (nSPS) is 16.8. The summed E-state index contributed by atoms with van der Waals surface area (Å²) in [5.74, 6) is -0.0610. The van der Waals surface area contributed by atoms with Crippen molar-refractivity contribution in [2.45, 2.75) is 38.4 Å². The van der Waals surface area contributed by atoms with E-state index in [2.05, 4.69) is 10.6 Å². The summed E-state index contributed by atoms with van der Waals surface area (Å²) in [6.45, 7) is 3.05. The van der Waals surface area contributed by atoms with E-state index in [1.165, 1.54) is 0 Å². The lowest BCUT2D eigenvalue weighted by Crippen LogP contribution is -2.35. The molecule has 0 radical (unpaired) electrons. The lowest BCUT2D eigenvalue weighted by molar-refractivity contribution is -0.122. The first kappa shape index (κ1) is 21.1. The zero-order valence-electron chi connectivity index (χ0n) is 16.3. The van der Waals surface area contributed by atoms with Gasteiger partial charge in [-0.1, -0.05) is 36.7 Å². The zero-order valence-corrected chi connectivity index (χ0v) is 17.1. The fourth-order valence-corrected chi connectivity index (χ4v) is 3.32. The van der Waals surface area contributed by atoms with Gasteiger partial charge in [-0.15, -0.1) is 0 Å². The highest BCUT2D eigenvalue weighted by atomic mass is 35.5. The van der Waals surface area contributed by atoms with Crippen LogP contribution in [-0.2, 0) is 9.53 Å². The predicted octanol–water partition coefficient (Wildman–Crippen LogP) is 4.04. The Labute approximate surface area is 175 Å². The Morgan fingerprint density at radius 1 is 1.24 bits per heavy atom. The monoisotopic (exact) mass is 416 g/mol. The molecule has 3 rings (SSSR count). The summed E-state index contributed by atoms with van der Waals surface area (Å²) in [4.78, 5) is 25.4. The summed E-state index contributed by atoms with van der Waals surface area (Å²) >= 11 is 5.98. The Morgan fingerprint density at radius 3 is 2.79 bits per heavy atom. The van der Waals surface area contributed by atoms with Gasteiger partial charge in [0.15, 0.2) is 6.10 Å². The number of carbonyl (C=O) groups excluding carboxylic acids is 2. The summed E-state index contributed by atoms with van der Waals surface area (Å²) in [6, 6.07) is 13.8. The lowest BCUT2D eigenvalue weighted by atomic mass is 10.1. The number of hydrogen-bond donors (Lipinski definition) is 2. The molecular weight excluding hydrogens is 392 g/mol. The maximum atomic E-state index is 12.8. The van der Waals surface area contributed by atoms with E-state index in [1.807, 2.05) is 6.92 Å². The molecule has 0 aliphatic carbocycles. The molecule has 0 bridgehead atoms. The van der Waals surface area contributed by atoms with Gasteiger partial charge in [0.25, 0.3) is 11.8 Å². The van der Waals surface area contributed by atoms with Gasteiger partial charge in [-0.2, -0.15) is 0 Å². The van der Waals surface area contributed by atoms with Crippen LogP contribution in [0, 0.1) is 0 Å². The van der Waals surface area contributed by atoms with Crippen molar-refractivity contribution in [3.8, 4) is 5.75 Å². The van der Waals surface area contributed by atoms with Crippen molar-refractivity contribution >= 4 is 29.1 Å². The van der Waals surface area contributed by atoms with Crippen LogP contribution in [0.1, 0.15) is 36.5 Å². The minimum Gasteiger partial charge on any atom is -0.481 e. The largest absolute Gasteiger partial charge is 0.481 e. The Morgan fingerprint density at radius 2 is 2.07 bits per heavy atom. The maximum absolute atomic E-state index is 12.8. The van der Waals surface area contributed by atoms with Crippen LogP contribution in [0.3, 0.4) is 0 Å². The number of carbonyl (C=O) groups is 2. The van der Waals surface area contributed by atoms with Gasteiger partial charge in [0, 0.05) is 18.2 Å². The Hall–Kier alpha value is -2.57. The van der Waals surface area contributed by atoms with E-state index in [9.17, 15) is 9.59 Å². The zero-order chi connectivity index (χ0) is 20.6. The minimum atomic E-state index is -0.712. The summed E-state index contributed by atoms with van der Waals surface area (Å²) in [5, 5.41) is 6.23. The van der Waals surface area contributed by atoms with Gasteiger partial charge in [0.2, 0.25) is 0 Å². The minimum absolute atomic E-state index is 0.0521. The third-order valence-electron chi connectivity index (χ3n) is 4.68. The SMILES string of the molecule is CC[C@H](Oc1cccc(Cl)c1)C(=O)Nc1ccccc1C(=O)NC[C@@H]1CCCO1. The molecule has 1 fully saturated rings. The number of ether oxygens (including phenoxy) is 2. The summed E-state index contributed by atoms with van der Waals surface area (Å²) < 4.78 is 11.3. The second-order valence-corrected chi connectivity index (χ2v) is 7.29. The van der Waals surface area contributed by atoms with Gasteiger partial charge in [0.05, 0.1) is 17.4 Å². The number of rotatable bonds is 8. The lowest BCUT2D eigenvalue weighted by Gasteiger charge is -2.19. The van der Waals surface area contributed by atoms with Gasteiger partial charge in [-0.25, -0.2) is 0 Å². The van der Waals surface area contributed by atoms with Crippen LogP contribution < -0.4 is 15.4 Å². The number of hydrogen-bond acceptors (Lipinski definition) is 4. The van der Waals surface area contributed by atoms with Crippen molar-refractivity contribution in [3.63, 3.8) is 0 Å². The second kappa shape index (κ2) is 10.3. The third-order valence-corrected chi connectivity index (χ3v) is 4.92. The smallest absolute Gasteiger partial charge is 0.265 e. The molecule has 2 aromatic rings. The first-order valence-corrected chi connectivity index (χ1v) is 10.2. The number of benzene rings is 2. The summed E-state index contributed by atoms with van der Waals surface area (Å²) in [5.41, 5.74) is 0.840. The fraction of sp³-hybridized carbons (Fsp3) is 0.364. The molecule has 1 aliphatic rings. The van der Waals surface area contributed by atoms with E-state index in [1.54, 1.807) is 48.5 Å². The van der Waals surface area contributed by atoms with Crippen molar-refractivity contribution in [2.75, 3.05) is 18.5 Å². The van der Waals surface area contributed by atoms with Gasteiger partial charge < -0.3 is 20.1 Å². The van der Waals surface area contributed by atoms with Crippen LogP contribution in [0.15, 0.2) is 48.5 Å². The van der Waals surface area contributed by atoms with Crippen LogP contribution >= 0.6 is 11.6 Å². The van der Waals surface area contributed by atoms with Gasteiger partial charge in [-0.05, 0) is 49.6 Å². The molecule has 0 unspecified atom stereocenters. The summed E-state index contributed by atoms with van der Waals surface area (Å²) in [6.07, 6.45) is 1.76. The van der Waals surface area contributed by atoms with Crippen molar-refractivity contribution in [3.05, 3.63) is 59.1 Å². The van der Waals surface area contributed by atoms with Crippen LogP contribution in [0.4, 0.5) is 5.69 Å². The van der Waals surface area contributed by atoms with E-state index in [-0.39, 0.29) is 17.9 Å². The molecule has 1 heterocycles. The van der Waals surface area contributed by atoms with Crippen molar-refractivity contribution in [1.29, 1.82) is 0 Å². The van der Waals surface area contributed by atoms with E-state index >= 15 is 0 Å². The molecule has 154 valence electrons. The van der Waals surface area contributed by atoms with E-state index in [0.717, 1.165) is 19.4 Å². The highest BCUT2D eigenvalue weighted by molar-refractivity contribution is 6.30. The molecule has 2 N–H and O–H groups in total. The quantitative estimate of drug-likeness (QED) is 0.680. The molecule has 1 aliphatic heterocycles. The molecule has 6 nitrogen and oxygen atoms in total. The fourth-order valence-electron chi connectivity index (χ4n) is 3.14. The topological polar surface area (TPSA) is 76.7 Å². The standard InChI is InChI=1S/C22H25ClN2O4/c1-2-20(29-16-8-5-7-15(23)13-16)22(27)25-19-11-4-3-10-18(19)21(26)24-14-17-9-6-12-28-17/h3-5,7-8,10-11,13,17,20H,2,6,9,12,14H2,1H3,(H,24,26)(H,25,27)/t17-,20-/m0/s1. The Kier molecular flexibility index (Phi) is 7.49. The highest BCUT2D eigenvalue weighted by Crippen LogP contribution is 2.21. The molecule has 2 atom stereocenters. The van der Waals surface area contributed by atoms with Crippen LogP contribution in [-0.4, -0.2) is 37.2 Å². The molecule has 0 spiro atoms. The molecule has 0 saturated carbocycles. The van der Waals surface area contributed by atoms with Gasteiger partial charge in [-0.3, -0.25) is 9.59 Å². The maximum Gasteiger partial charge on any atom is 0.265 e. The number of halogens is 1. The number of amides is 2. The molecule has 2 aromatic carbocycles. The molecule has 29 heavy (non-hydrogen) atoms. The predicted molar refractivity (Wildman–Crippen MR) is 113 cm³/mol. The van der Waals surface area contributed by atoms with Crippen LogP contribution in [0.25, 0.3) is 0 Å². The molecule has 0 aromatic heterocycles. The van der Waals surface area contributed by atoms with Crippen molar-refractivity contribution in [2.24, 2.45) is 0 Å². The van der Waals surface area contributed by atoms with E-state index in [0.29, 0.717) is 35.0 Å². The average Bonchev–Trinajstić information content (AvgIpc) is 3.24. The molecule has 1 saturated heterocycles. The molecule has 2 amide bonds. The highest BCUT2D eigenvalue weighted by Gasteiger charge is 2.22. The Bertz CT molecular complexity index is 852. The second-order valence-electron chi connectivity index (χ2n) is 6.85. The van der Waals surface area contributed by atoms with Crippen LogP contribution in [0.5, 0.6) is 5.75 Å². The van der Waals surface area contributed by atoms with Gasteiger partial charge in [0.1, 0.15) is 5.75 Å². The molecule has 7 heteroatoms. The van der Waals surface area contributed by atoms with Crippen molar-refractivity contribution < 1.29 is 19.1 Å². The van der Waals surface area contributed by atoms with E-state index in [4.69, 9.17) is 21.1 Å². The first-order valence-electron chi connectivity index (χ1n) is 9.78. The number of para-hydroxylation sites is 1. The number of nitrogens with one attached hydrogen (secondary N) is 2. The van der Waals surface area contributed by atoms with Gasteiger partial charge >= 0.3 is 0 Å². The molecular formula is C22H25ClN2O4. The van der Waals surface area contributed by atoms with Crippen molar-refractivity contribution in [1.82, 2.24) is 5.32 Å². The number of anilines is 1. The average molecular weight is 417 g/mol.